The number of hydrogen-bond acceptors (Lipinski definition) is 4. The summed E-state index contributed by atoms with van der Waals surface area (Å²) in [5.74, 6) is -1.31. The van der Waals surface area contributed by atoms with Crippen LogP contribution in [-0.2, 0) is 0 Å². The Morgan fingerprint density at radius 2 is 2.06 bits per heavy atom. The number of unbranched alkanes of at least 4 members (excludes halogenated alkanes) is 1. The van der Waals surface area contributed by atoms with E-state index >= 15 is 0 Å². The third-order valence-corrected chi connectivity index (χ3v) is 2.07. The molecule has 1 aromatic carbocycles. The number of carbonyl (C=O) groups is 1. The Kier molecular flexibility index (Phi) is 7.09. The normalized spacial score (nSPS) is 9.47. The molecule has 0 amide bonds. The highest BCUT2D eigenvalue weighted by molar-refractivity contribution is 5.93. The number of aromatic carboxylic acids is 1. The number of hydrogen-bond donors (Lipinski definition) is 3. The Hall–Kier alpha value is -1.46. The molecule has 1 rings (SSSR count). The van der Waals surface area contributed by atoms with Gasteiger partial charge in [0.05, 0.1) is 6.61 Å². The van der Waals surface area contributed by atoms with E-state index in [1.54, 1.807) is 6.07 Å². The lowest BCUT2D eigenvalue weighted by molar-refractivity contribution is 0.0688. The Bertz CT molecular complexity index is 370. The lowest BCUT2D eigenvalue weighted by atomic mass is 10.2. The first kappa shape index (κ1) is 15.5. The minimum Gasteiger partial charge on any atom is -0.507 e. The molecule has 6 heteroatoms. The fourth-order valence-electron chi connectivity index (χ4n) is 1.28. The average Bonchev–Trinajstić information content (AvgIpc) is 2.24. The van der Waals surface area contributed by atoms with Crippen LogP contribution in [0.25, 0.3) is 0 Å². The van der Waals surface area contributed by atoms with Gasteiger partial charge in [0.2, 0.25) is 0 Å². The quantitative estimate of drug-likeness (QED) is 0.677. The summed E-state index contributed by atoms with van der Waals surface area (Å²) in [5.41, 5.74) is 5.12. The first-order valence-electron chi connectivity index (χ1n) is 5.05. The van der Waals surface area contributed by atoms with Crippen molar-refractivity contribution in [1.82, 2.24) is 0 Å². The van der Waals surface area contributed by atoms with Gasteiger partial charge >= 0.3 is 5.97 Å². The van der Waals surface area contributed by atoms with Gasteiger partial charge in [-0.15, -0.1) is 12.4 Å². The van der Waals surface area contributed by atoms with Crippen LogP contribution < -0.4 is 10.5 Å². The van der Waals surface area contributed by atoms with Crippen LogP contribution in [0.2, 0.25) is 0 Å². The van der Waals surface area contributed by atoms with Crippen LogP contribution in [0.15, 0.2) is 18.2 Å². The predicted molar refractivity (Wildman–Crippen MR) is 66.1 cm³/mol. The van der Waals surface area contributed by atoms with E-state index in [0.717, 1.165) is 12.8 Å². The third kappa shape index (κ3) is 4.50. The summed E-state index contributed by atoms with van der Waals surface area (Å²) in [7, 11) is 0. The van der Waals surface area contributed by atoms with E-state index in [4.69, 9.17) is 15.6 Å². The zero-order valence-corrected chi connectivity index (χ0v) is 10.1. The van der Waals surface area contributed by atoms with Crippen molar-refractivity contribution in [1.29, 1.82) is 0 Å². The molecule has 0 aliphatic carbocycles. The second-order valence-corrected chi connectivity index (χ2v) is 3.30. The molecule has 0 saturated heterocycles. The molecule has 0 aliphatic heterocycles. The molecule has 0 radical (unpaired) electrons. The summed E-state index contributed by atoms with van der Waals surface area (Å²) < 4.78 is 5.28. The number of carboxylic acid groups (broad SMARTS) is 1. The molecule has 0 heterocycles. The van der Waals surface area contributed by atoms with Crippen molar-refractivity contribution >= 4 is 18.4 Å². The predicted octanol–water partition coefficient (Wildman–Crippen LogP) is 1.63. The van der Waals surface area contributed by atoms with E-state index < -0.39 is 5.97 Å². The lowest BCUT2D eigenvalue weighted by Gasteiger charge is -2.09. The molecule has 0 saturated carbocycles. The Morgan fingerprint density at radius 3 is 2.65 bits per heavy atom. The second kappa shape index (κ2) is 7.76. The standard InChI is InChI=1S/C11H15NO4.ClH/c12-6-1-2-7-16-9-5-3-4-8(13)10(9)11(14)15;/h3-5,13H,1-2,6-7,12H2,(H,14,15);1H. The van der Waals surface area contributed by atoms with E-state index in [2.05, 4.69) is 0 Å². The molecule has 17 heavy (non-hydrogen) atoms. The van der Waals surface area contributed by atoms with Crippen molar-refractivity contribution in [3.8, 4) is 11.5 Å². The minimum atomic E-state index is -1.20. The minimum absolute atomic E-state index is 0. The number of benzene rings is 1. The van der Waals surface area contributed by atoms with E-state index in [-0.39, 0.29) is 29.5 Å². The molecule has 0 aromatic heterocycles. The number of rotatable bonds is 6. The molecule has 0 atom stereocenters. The molecule has 4 N–H and O–H groups in total. The molecule has 1 aromatic rings. The van der Waals surface area contributed by atoms with Crippen LogP contribution in [0.1, 0.15) is 23.2 Å². The number of halogens is 1. The Balaban J connectivity index is 0.00000256. The molecular weight excluding hydrogens is 246 g/mol. The van der Waals surface area contributed by atoms with Crippen LogP contribution >= 0.6 is 12.4 Å². The average molecular weight is 262 g/mol. The fourth-order valence-corrected chi connectivity index (χ4v) is 1.28. The number of nitrogens with two attached hydrogens (primary N) is 1. The van der Waals surface area contributed by atoms with Crippen molar-refractivity contribution < 1.29 is 19.7 Å². The molecule has 0 bridgehead atoms. The van der Waals surface area contributed by atoms with Gasteiger partial charge < -0.3 is 20.7 Å². The van der Waals surface area contributed by atoms with Gasteiger partial charge in [0, 0.05) is 0 Å². The van der Waals surface area contributed by atoms with Crippen molar-refractivity contribution in [2.75, 3.05) is 13.2 Å². The molecule has 0 fully saturated rings. The number of phenols is 1. The van der Waals surface area contributed by atoms with Gasteiger partial charge in [0.15, 0.2) is 0 Å². The maximum absolute atomic E-state index is 10.9. The fraction of sp³-hybridized carbons (Fsp3) is 0.364. The summed E-state index contributed by atoms with van der Waals surface area (Å²) in [6, 6.07) is 4.38. The zero-order valence-electron chi connectivity index (χ0n) is 9.26. The maximum Gasteiger partial charge on any atom is 0.343 e. The monoisotopic (exact) mass is 261 g/mol. The van der Waals surface area contributed by atoms with Gasteiger partial charge in [-0.05, 0) is 31.5 Å². The highest BCUT2D eigenvalue weighted by atomic mass is 35.5. The highest BCUT2D eigenvalue weighted by Gasteiger charge is 2.15. The smallest absolute Gasteiger partial charge is 0.343 e. The van der Waals surface area contributed by atoms with Crippen LogP contribution in [0.5, 0.6) is 11.5 Å². The molecule has 0 unspecified atom stereocenters. The summed E-state index contributed by atoms with van der Waals surface area (Å²) in [4.78, 5) is 10.9. The van der Waals surface area contributed by atoms with Gasteiger partial charge in [-0.25, -0.2) is 4.79 Å². The van der Waals surface area contributed by atoms with Crippen LogP contribution in [-0.4, -0.2) is 29.3 Å². The highest BCUT2D eigenvalue weighted by Crippen LogP contribution is 2.27. The number of aromatic hydroxyl groups is 1. The Morgan fingerprint density at radius 1 is 1.35 bits per heavy atom. The third-order valence-electron chi connectivity index (χ3n) is 2.07. The molecule has 0 aliphatic rings. The molecule has 0 spiro atoms. The topological polar surface area (TPSA) is 92.8 Å². The van der Waals surface area contributed by atoms with Gasteiger partial charge in [-0.1, -0.05) is 6.07 Å². The largest absolute Gasteiger partial charge is 0.507 e. The van der Waals surface area contributed by atoms with Gasteiger partial charge in [0.1, 0.15) is 17.1 Å². The van der Waals surface area contributed by atoms with E-state index in [0.29, 0.717) is 13.2 Å². The van der Waals surface area contributed by atoms with E-state index in [1.807, 2.05) is 0 Å². The van der Waals surface area contributed by atoms with Gasteiger partial charge in [-0.2, -0.15) is 0 Å². The summed E-state index contributed by atoms with van der Waals surface area (Å²) in [6.45, 7) is 0.968. The first-order valence-corrected chi connectivity index (χ1v) is 5.05. The molecule has 5 nitrogen and oxygen atoms in total. The van der Waals surface area contributed by atoms with Gasteiger partial charge in [0.25, 0.3) is 0 Å². The first-order chi connectivity index (χ1) is 7.66. The zero-order chi connectivity index (χ0) is 12.0. The maximum atomic E-state index is 10.9. The summed E-state index contributed by atoms with van der Waals surface area (Å²) in [6.07, 6.45) is 1.58. The number of carboxylic acids is 1. The van der Waals surface area contributed by atoms with Crippen molar-refractivity contribution in [2.45, 2.75) is 12.8 Å². The van der Waals surface area contributed by atoms with Crippen LogP contribution in [0, 0.1) is 0 Å². The summed E-state index contributed by atoms with van der Waals surface area (Å²) in [5, 5.41) is 18.3. The molecule has 96 valence electrons. The summed E-state index contributed by atoms with van der Waals surface area (Å²) >= 11 is 0. The van der Waals surface area contributed by atoms with Crippen molar-refractivity contribution in [2.24, 2.45) is 5.73 Å². The number of ether oxygens (including phenoxy) is 1. The van der Waals surface area contributed by atoms with Crippen molar-refractivity contribution in [3.05, 3.63) is 23.8 Å². The van der Waals surface area contributed by atoms with Crippen molar-refractivity contribution in [3.63, 3.8) is 0 Å². The second-order valence-electron chi connectivity index (χ2n) is 3.30. The van der Waals surface area contributed by atoms with Crippen LogP contribution in [0.4, 0.5) is 0 Å². The van der Waals surface area contributed by atoms with E-state index in [9.17, 15) is 9.90 Å². The Labute approximate surface area is 106 Å². The van der Waals surface area contributed by atoms with Crippen LogP contribution in [0.3, 0.4) is 0 Å². The van der Waals surface area contributed by atoms with Gasteiger partial charge in [-0.3, -0.25) is 0 Å². The molecular formula is C11H16ClNO4. The SMILES string of the molecule is Cl.NCCCCOc1cccc(O)c1C(=O)O. The lowest BCUT2D eigenvalue weighted by Crippen LogP contribution is -2.06. The van der Waals surface area contributed by atoms with E-state index in [1.165, 1.54) is 12.1 Å².